The molecule has 6 nitrogen and oxygen atoms in total. The summed E-state index contributed by atoms with van der Waals surface area (Å²) in [5, 5.41) is 14.9. The summed E-state index contributed by atoms with van der Waals surface area (Å²) in [4.78, 5) is 15.3. The molecule has 0 unspecified atom stereocenters. The minimum atomic E-state index is -4.67. The van der Waals surface area contributed by atoms with Crippen LogP contribution in [0.5, 0.6) is 5.75 Å². The average molecular weight is 495 g/mol. The molecular weight excluding hydrogens is 481 g/mol. The molecule has 0 aliphatic carbocycles. The number of thiazole rings is 1. The fraction of sp³-hybridized carbons (Fsp3) is 0.136. The Morgan fingerprint density at radius 1 is 1.15 bits per heavy atom. The first kappa shape index (κ1) is 23.4. The van der Waals surface area contributed by atoms with E-state index in [1.807, 2.05) is 0 Å². The number of hydrogen-bond acceptors (Lipinski definition) is 5. The van der Waals surface area contributed by atoms with Gasteiger partial charge in [-0.1, -0.05) is 0 Å². The van der Waals surface area contributed by atoms with Gasteiger partial charge in [0.2, 0.25) is 0 Å². The minimum Gasteiger partial charge on any atom is -0.489 e. The molecule has 0 saturated heterocycles. The maximum atomic E-state index is 13.8. The second-order valence-electron chi connectivity index (χ2n) is 7.13. The summed E-state index contributed by atoms with van der Waals surface area (Å²) in [6, 6.07) is 5.88. The van der Waals surface area contributed by atoms with Gasteiger partial charge in [0.25, 0.3) is 0 Å². The number of carbonyl (C=O) groups is 1. The van der Waals surface area contributed by atoms with Crippen molar-refractivity contribution >= 4 is 17.3 Å². The Morgan fingerprint density at radius 3 is 2.62 bits per heavy atom. The van der Waals surface area contributed by atoms with Crippen LogP contribution >= 0.6 is 11.3 Å². The van der Waals surface area contributed by atoms with Crippen LogP contribution in [0.2, 0.25) is 0 Å². The smallest absolute Gasteiger partial charge is 0.416 e. The highest BCUT2D eigenvalue weighted by atomic mass is 32.1. The highest BCUT2D eigenvalue weighted by Gasteiger charge is 2.32. The monoisotopic (exact) mass is 495 g/mol. The number of rotatable bonds is 7. The first-order valence-electron chi connectivity index (χ1n) is 9.58. The summed E-state index contributed by atoms with van der Waals surface area (Å²) in [6.07, 6.45) is -2.18. The van der Waals surface area contributed by atoms with E-state index in [1.54, 1.807) is 5.38 Å². The average Bonchev–Trinajstić information content (AvgIpc) is 3.43. The first-order chi connectivity index (χ1) is 16.1. The zero-order valence-electron chi connectivity index (χ0n) is 17.0. The van der Waals surface area contributed by atoms with Gasteiger partial charge in [0.1, 0.15) is 29.0 Å². The number of hydrogen-bond donors (Lipinski definition) is 1. The Morgan fingerprint density at radius 2 is 1.94 bits per heavy atom. The predicted octanol–water partition coefficient (Wildman–Crippen LogP) is 5.63. The summed E-state index contributed by atoms with van der Waals surface area (Å²) >= 11 is 1.16. The van der Waals surface area contributed by atoms with Crippen LogP contribution in [0.15, 0.2) is 54.2 Å². The quantitative estimate of drug-likeness (QED) is 0.337. The molecule has 0 spiro atoms. The van der Waals surface area contributed by atoms with Gasteiger partial charge in [0.15, 0.2) is 0 Å². The summed E-state index contributed by atoms with van der Waals surface area (Å²) in [7, 11) is 0. The Labute approximate surface area is 192 Å². The molecule has 0 saturated carbocycles. The van der Waals surface area contributed by atoms with Gasteiger partial charge >= 0.3 is 12.1 Å². The number of nitrogens with zero attached hydrogens (tertiary/aromatic N) is 3. The molecule has 0 aliphatic rings. The van der Waals surface area contributed by atoms with E-state index in [0.29, 0.717) is 11.1 Å². The lowest BCUT2D eigenvalue weighted by Crippen LogP contribution is -2.06. The van der Waals surface area contributed by atoms with Gasteiger partial charge in [-0.2, -0.15) is 18.3 Å². The molecule has 0 radical (unpaired) electrons. The largest absolute Gasteiger partial charge is 0.489 e. The van der Waals surface area contributed by atoms with E-state index in [0.717, 1.165) is 35.6 Å². The molecule has 34 heavy (non-hydrogen) atoms. The van der Waals surface area contributed by atoms with Gasteiger partial charge in [0.05, 0.1) is 29.6 Å². The van der Waals surface area contributed by atoms with Crippen LogP contribution in [-0.4, -0.2) is 25.8 Å². The van der Waals surface area contributed by atoms with Gasteiger partial charge in [-0.05, 0) is 30.3 Å². The fourth-order valence-electron chi connectivity index (χ4n) is 3.01. The Hall–Kier alpha value is -3.80. The topological polar surface area (TPSA) is 77.2 Å². The van der Waals surface area contributed by atoms with Crippen LogP contribution in [0.3, 0.4) is 0 Å². The number of ether oxygens (including phenoxy) is 1. The molecule has 12 heteroatoms. The Kier molecular flexibility index (Phi) is 6.33. The van der Waals surface area contributed by atoms with Crippen molar-refractivity contribution < 1.29 is 36.6 Å². The molecule has 0 atom stereocenters. The van der Waals surface area contributed by atoms with Crippen LogP contribution in [0.1, 0.15) is 26.5 Å². The number of halogens is 5. The van der Waals surface area contributed by atoms with Crippen molar-refractivity contribution in [3.8, 4) is 17.0 Å². The van der Waals surface area contributed by atoms with E-state index >= 15 is 0 Å². The molecule has 2 aromatic carbocycles. The molecule has 4 aromatic rings. The molecule has 0 fully saturated rings. The van der Waals surface area contributed by atoms with E-state index in [9.17, 15) is 26.7 Å². The molecule has 176 valence electrons. The SMILES string of the molecule is O=C(O)c1cnn(Cc2nc(-c3cc(OCc4ccc(F)cc4F)cc(C(F)(F)F)c3)cs2)c1. The fourth-order valence-corrected chi connectivity index (χ4v) is 3.80. The Balaban J connectivity index is 1.59. The second-order valence-corrected chi connectivity index (χ2v) is 8.07. The van der Waals surface area contributed by atoms with Crippen LogP contribution in [-0.2, 0) is 19.3 Å². The van der Waals surface area contributed by atoms with Gasteiger partial charge in [-0.3, -0.25) is 4.68 Å². The van der Waals surface area contributed by atoms with E-state index in [1.165, 1.54) is 23.1 Å². The van der Waals surface area contributed by atoms with E-state index in [4.69, 9.17) is 9.84 Å². The molecule has 0 aliphatic heterocycles. The lowest BCUT2D eigenvalue weighted by Gasteiger charge is -2.13. The third-order valence-electron chi connectivity index (χ3n) is 4.67. The van der Waals surface area contributed by atoms with Crippen molar-refractivity contribution in [2.24, 2.45) is 0 Å². The van der Waals surface area contributed by atoms with Crippen molar-refractivity contribution in [1.82, 2.24) is 14.8 Å². The third-order valence-corrected chi connectivity index (χ3v) is 5.50. The van der Waals surface area contributed by atoms with Crippen LogP contribution < -0.4 is 4.74 Å². The predicted molar refractivity (Wildman–Crippen MR) is 112 cm³/mol. The summed E-state index contributed by atoms with van der Waals surface area (Å²) in [5.74, 6) is -2.96. The minimum absolute atomic E-state index is 0.00552. The third kappa shape index (κ3) is 5.39. The van der Waals surface area contributed by atoms with Crippen molar-refractivity contribution in [3.63, 3.8) is 0 Å². The Bertz CT molecular complexity index is 1350. The van der Waals surface area contributed by atoms with Crippen LogP contribution in [0.4, 0.5) is 22.0 Å². The zero-order valence-corrected chi connectivity index (χ0v) is 17.8. The highest BCUT2D eigenvalue weighted by Crippen LogP contribution is 2.36. The normalized spacial score (nSPS) is 11.6. The molecule has 1 N–H and O–H groups in total. The standard InChI is InChI=1S/C22H14F5N3O3S/c23-16-2-1-12(18(24)6-16)10-33-17-4-13(3-15(5-17)22(25,26)27)19-11-34-20(29-19)9-30-8-14(7-28-30)21(31)32/h1-8,11H,9-10H2,(H,31,32). The van der Waals surface area contributed by atoms with Gasteiger partial charge in [-0.25, -0.2) is 18.6 Å². The lowest BCUT2D eigenvalue weighted by molar-refractivity contribution is -0.137. The van der Waals surface area contributed by atoms with Crippen LogP contribution in [0.25, 0.3) is 11.3 Å². The first-order valence-corrected chi connectivity index (χ1v) is 10.5. The maximum Gasteiger partial charge on any atom is 0.416 e. The highest BCUT2D eigenvalue weighted by molar-refractivity contribution is 7.09. The maximum absolute atomic E-state index is 13.8. The van der Waals surface area contributed by atoms with Crippen molar-refractivity contribution in [2.75, 3.05) is 0 Å². The van der Waals surface area contributed by atoms with Gasteiger partial charge in [-0.15, -0.1) is 11.3 Å². The molecule has 2 aromatic heterocycles. The summed E-state index contributed by atoms with van der Waals surface area (Å²) < 4.78 is 74.0. The number of aromatic carboxylic acids is 1. The van der Waals surface area contributed by atoms with Gasteiger partial charge in [0, 0.05) is 28.8 Å². The molecule has 2 heterocycles. The number of carboxylic acids is 1. The molecule has 4 rings (SSSR count). The van der Waals surface area contributed by atoms with Crippen molar-refractivity contribution in [3.05, 3.63) is 87.5 Å². The second kappa shape index (κ2) is 9.21. The number of carboxylic acid groups (broad SMARTS) is 1. The molecule has 0 amide bonds. The van der Waals surface area contributed by atoms with Crippen molar-refractivity contribution in [2.45, 2.75) is 19.3 Å². The van der Waals surface area contributed by atoms with Crippen molar-refractivity contribution in [1.29, 1.82) is 0 Å². The van der Waals surface area contributed by atoms with E-state index in [2.05, 4.69) is 10.1 Å². The summed E-state index contributed by atoms with van der Waals surface area (Å²) in [6.45, 7) is -0.273. The number of benzene rings is 2. The lowest BCUT2D eigenvalue weighted by atomic mass is 10.1. The number of alkyl halides is 3. The zero-order chi connectivity index (χ0) is 24.5. The van der Waals surface area contributed by atoms with Crippen LogP contribution in [0, 0.1) is 11.6 Å². The van der Waals surface area contributed by atoms with Gasteiger partial charge < -0.3 is 9.84 Å². The van der Waals surface area contributed by atoms with E-state index < -0.39 is 36.0 Å². The number of aromatic nitrogens is 3. The summed E-state index contributed by atoms with van der Waals surface area (Å²) in [5.41, 5.74) is -0.634. The van der Waals surface area contributed by atoms with E-state index in [-0.39, 0.29) is 34.7 Å². The molecular formula is C22H14F5N3O3S. The molecule has 0 bridgehead atoms.